The van der Waals surface area contributed by atoms with Crippen LogP contribution >= 0.6 is 0 Å². The van der Waals surface area contributed by atoms with Crippen LogP contribution in [-0.4, -0.2) is 71.4 Å². The highest BCUT2D eigenvalue weighted by Crippen LogP contribution is 2.56. The molecule has 40 heavy (non-hydrogen) atoms. The van der Waals surface area contributed by atoms with E-state index in [0.29, 0.717) is 26.3 Å². The van der Waals surface area contributed by atoms with Crippen LogP contribution in [0.4, 0.5) is 10.6 Å². The molecule has 2 atom stereocenters. The van der Waals surface area contributed by atoms with Gasteiger partial charge in [0.2, 0.25) is 0 Å². The van der Waals surface area contributed by atoms with Gasteiger partial charge in [0, 0.05) is 31.6 Å². The van der Waals surface area contributed by atoms with Crippen LogP contribution in [0.3, 0.4) is 0 Å². The second-order valence-electron chi connectivity index (χ2n) is 12.6. The van der Waals surface area contributed by atoms with Gasteiger partial charge in [-0.3, -0.25) is 0 Å². The minimum Gasteiger partial charge on any atom is -0.444 e. The zero-order valence-corrected chi connectivity index (χ0v) is 24.1. The lowest BCUT2D eigenvalue weighted by molar-refractivity contribution is -0.231. The van der Waals surface area contributed by atoms with Gasteiger partial charge in [-0.15, -0.1) is 6.58 Å². The summed E-state index contributed by atoms with van der Waals surface area (Å²) in [6, 6.07) is 5.94. The molecule has 9 heteroatoms. The van der Waals surface area contributed by atoms with Gasteiger partial charge in [-0.05, 0) is 71.4 Å². The summed E-state index contributed by atoms with van der Waals surface area (Å²) in [5.74, 6) is 0.989. The predicted molar refractivity (Wildman–Crippen MR) is 151 cm³/mol. The van der Waals surface area contributed by atoms with E-state index in [1.807, 2.05) is 45.0 Å². The lowest BCUT2D eigenvalue weighted by Gasteiger charge is -2.50. The Morgan fingerprint density at radius 1 is 1.10 bits per heavy atom. The standard InChI is InChI=1S/C31H42N4O5/c1-5-22-21-34(28(36)39-29(2,3)4)17-10-18-35(22)25-13-8-12-24(32-25)26-23-11-9-15-30(27(23)33-40-26)14-6-7-16-31(30)37-19-20-38-31/h5,8,12-13,22H,1,6-7,9-11,14-21H2,2-4H3/t22-,30-/m0/s1. The Kier molecular flexibility index (Phi) is 7.15. The highest BCUT2D eigenvalue weighted by Gasteiger charge is 2.61. The number of carbonyl (C=O) groups is 1. The molecule has 2 saturated heterocycles. The van der Waals surface area contributed by atoms with Crippen molar-refractivity contribution in [2.24, 2.45) is 0 Å². The Morgan fingerprint density at radius 2 is 1.88 bits per heavy atom. The van der Waals surface area contributed by atoms with E-state index >= 15 is 0 Å². The lowest BCUT2D eigenvalue weighted by Crippen LogP contribution is -2.56. The topological polar surface area (TPSA) is 90.2 Å². The van der Waals surface area contributed by atoms with Crippen molar-refractivity contribution in [1.82, 2.24) is 15.0 Å². The Hall–Kier alpha value is -2.91. The van der Waals surface area contributed by atoms with Gasteiger partial charge in [0.25, 0.3) is 0 Å². The zero-order valence-electron chi connectivity index (χ0n) is 24.1. The smallest absolute Gasteiger partial charge is 0.410 e. The monoisotopic (exact) mass is 550 g/mol. The second-order valence-corrected chi connectivity index (χ2v) is 12.6. The molecule has 2 spiro atoms. The maximum Gasteiger partial charge on any atom is 0.410 e. The van der Waals surface area contributed by atoms with E-state index < -0.39 is 11.4 Å². The number of anilines is 1. The van der Waals surface area contributed by atoms with Crippen molar-refractivity contribution in [3.8, 4) is 11.5 Å². The summed E-state index contributed by atoms with van der Waals surface area (Å²) in [6.07, 6.45) is 9.51. The third-order valence-corrected chi connectivity index (χ3v) is 8.93. The van der Waals surface area contributed by atoms with Gasteiger partial charge in [-0.2, -0.15) is 0 Å². The van der Waals surface area contributed by atoms with E-state index in [2.05, 4.69) is 11.5 Å². The maximum absolute atomic E-state index is 12.8. The largest absolute Gasteiger partial charge is 0.444 e. The number of pyridine rings is 1. The Balaban J connectivity index is 1.29. The quantitative estimate of drug-likeness (QED) is 0.454. The molecule has 0 N–H and O–H groups in total. The van der Waals surface area contributed by atoms with E-state index in [0.717, 1.165) is 86.4 Å². The molecule has 2 aromatic heterocycles. The molecule has 4 aliphatic rings. The number of hydrogen-bond acceptors (Lipinski definition) is 8. The molecule has 0 radical (unpaired) electrons. The first kappa shape index (κ1) is 27.3. The third-order valence-electron chi connectivity index (χ3n) is 8.93. The van der Waals surface area contributed by atoms with Crippen molar-refractivity contribution >= 4 is 11.9 Å². The highest BCUT2D eigenvalue weighted by atomic mass is 16.7. The van der Waals surface area contributed by atoms with Crippen molar-refractivity contribution < 1.29 is 23.5 Å². The number of nitrogens with zero attached hydrogens (tertiary/aromatic N) is 4. The van der Waals surface area contributed by atoms with Crippen molar-refractivity contribution in [3.63, 3.8) is 0 Å². The summed E-state index contributed by atoms with van der Waals surface area (Å²) in [4.78, 5) is 21.9. The molecule has 0 aromatic carbocycles. The first-order chi connectivity index (χ1) is 19.3. The van der Waals surface area contributed by atoms with Gasteiger partial charge in [0.05, 0.1) is 30.4 Å². The SMILES string of the molecule is C=C[C@H]1CN(C(=O)OC(C)(C)C)CCCN1c1cccc(-c2onc3c2CCC[C@@]32CCCCC23OCCO3)n1. The van der Waals surface area contributed by atoms with Crippen molar-refractivity contribution in [3.05, 3.63) is 42.1 Å². The van der Waals surface area contributed by atoms with Gasteiger partial charge in [0.1, 0.15) is 17.1 Å². The Morgan fingerprint density at radius 3 is 2.65 bits per heavy atom. The number of carbonyl (C=O) groups excluding carboxylic acids is 1. The molecular formula is C31H42N4O5. The maximum atomic E-state index is 12.8. The zero-order chi connectivity index (χ0) is 28.0. The summed E-state index contributed by atoms with van der Waals surface area (Å²) in [7, 11) is 0. The fourth-order valence-corrected chi connectivity index (χ4v) is 7.21. The third kappa shape index (κ3) is 4.71. The molecular weight excluding hydrogens is 508 g/mol. The number of fused-ring (bicyclic) bond motifs is 3. The molecule has 2 aromatic rings. The minimum absolute atomic E-state index is 0.0940. The minimum atomic E-state index is -0.590. The fraction of sp³-hybridized carbons (Fsp3) is 0.645. The van der Waals surface area contributed by atoms with Crippen LogP contribution in [0, 0.1) is 0 Å². The number of aromatic nitrogens is 2. The summed E-state index contributed by atoms with van der Waals surface area (Å²) in [6.45, 7) is 12.9. The van der Waals surface area contributed by atoms with E-state index in [1.165, 1.54) is 0 Å². The van der Waals surface area contributed by atoms with Crippen LogP contribution in [0.15, 0.2) is 35.4 Å². The summed E-state index contributed by atoms with van der Waals surface area (Å²) >= 11 is 0. The molecule has 1 saturated carbocycles. The van der Waals surface area contributed by atoms with Gasteiger partial charge in [-0.1, -0.05) is 23.7 Å². The number of hydrogen-bond donors (Lipinski definition) is 0. The van der Waals surface area contributed by atoms with Gasteiger partial charge in [0.15, 0.2) is 11.5 Å². The van der Waals surface area contributed by atoms with E-state index in [1.54, 1.807) is 4.90 Å². The van der Waals surface area contributed by atoms with Crippen LogP contribution in [-0.2, 0) is 26.0 Å². The lowest BCUT2D eigenvalue weighted by atomic mass is 9.61. The number of amides is 1. The van der Waals surface area contributed by atoms with Crippen molar-refractivity contribution in [2.75, 3.05) is 37.7 Å². The van der Waals surface area contributed by atoms with Crippen LogP contribution in [0.5, 0.6) is 0 Å². The average molecular weight is 551 g/mol. The predicted octanol–water partition coefficient (Wildman–Crippen LogP) is 5.63. The molecule has 6 rings (SSSR count). The summed E-state index contributed by atoms with van der Waals surface area (Å²) in [5.41, 5.74) is 2.12. The van der Waals surface area contributed by atoms with Gasteiger partial charge in [-0.25, -0.2) is 9.78 Å². The normalized spacial score (nSPS) is 26.5. The summed E-state index contributed by atoms with van der Waals surface area (Å²) in [5, 5.41) is 4.71. The highest BCUT2D eigenvalue weighted by molar-refractivity contribution is 5.68. The van der Waals surface area contributed by atoms with Crippen LogP contribution in [0.2, 0.25) is 0 Å². The average Bonchev–Trinajstić information content (AvgIpc) is 3.53. The molecule has 216 valence electrons. The molecule has 0 unspecified atom stereocenters. The Bertz CT molecular complexity index is 1250. The van der Waals surface area contributed by atoms with Crippen LogP contribution in [0.1, 0.15) is 77.0 Å². The summed E-state index contributed by atoms with van der Waals surface area (Å²) < 4.78 is 24.5. The number of ether oxygens (including phenoxy) is 3. The Labute approximate surface area is 236 Å². The second kappa shape index (κ2) is 10.5. The first-order valence-electron chi connectivity index (χ1n) is 14.9. The van der Waals surface area contributed by atoms with E-state index in [-0.39, 0.29) is 17.6 Å². The molecule has 9 nitrogen and oxygen atoms in total. The van der Waals surface area contributed by atoms with Crippen molar-refractivity contribution in [1.29, 1.82) is 0 Å². The molecule has 3 fully saturated rings. The van der Waals surface area contributed by atoms with E-state index in [4.69, 9.17) is 28.9 Å². The van der Waals surface area contributed by atoms with Crippen LogP contribution < -0.4 is 4.90 Å². The van der Waals surface area contributed by atoms with Gasteiger partial charge < -0.3 is 28.5 Å². The van der Waals surface area contributed by atoms with E-state index in [9.17, 15) is 4.79 Å². The molecule has 2 aliphatic carbocycles. The molecule has 1 amide bonds. The van der Waals surface area contributed by atoms with Gasteiger partial charge >= 0.3 is 6.09 Å². The fourth-order valence-electron chi connectivity index (χ4n) is 7.21. The van der Waals surface area contributed by atoms with Crippen LogP contribution in [0.25, 0.3) is 11.5 Å². The number of rotatable bonds is 3. The molecule has 2 aliphatic heterocycles. The van der Waals surface area contributed by atoms with Crippen molar-refractivity contribution in [2.45, 2.75) is 95.0 Å². The molecule has 0 bridgehead atoms. The molecule has 4 heterocycles. The first-order valence-corrected chi connectivity index (χ1v) is 14.9.